The van der Waals surface area contributed by atoms with Crippen LogP contribution in [0.4, 0.5) is 11.5 Å². The molecule has 0 saturated carbocycles. The molecule has 8 nitrogen and oxygen atoms in total. The van der Waals surface area contributed by atoms with Gasteiger partial charge in [-0.2, -0.15) is 4.31 Å². The lowest BCUT2D eigenvalue weighted by Crippen LogP contribution is -2.40. The summed E-state index contributed by atoms with van der Waals surface area (Å²) in [6.07, 6.45) is 1.51. The summed E-state index contributed by atoms with van der Waals surface area (Å²) < 4.78 is 39.7. The average Bonchev–Trinajstić information content (AvgIpc) is 3.01. The lowest BCUT2D eigenvalue weighted by Gasteiger charge is -2.26. The lowest BCUT2D eigenvalue weighted by atomic mass is 10.0. The van der Waals surface area contributed by atoms with Gasteiger partial charge in [-0.25, -0.2) is 18.4 Å². The Morgan fingerprint density at radius 2 is 1.70 bits per heavy atom. The Bertz CT molecular complexity index is 1850. The molecule has 6 rings (SSSR count). The van der Waals surface area contributed by atoms with Crippen molar-refractivity contribution in [1.82, 2.24) is 14.3 Å². The summed E-state index contributed by atoms with van der Waals surface area (Å²) in [5.74, 6) is 1.20. The zero-order valence-electron chi connectivity index (χ0n) is 22.7. The predicted molar refractivity (Wildman–Crippen MR) is 175 cm³/mol. The second-order valence-electron chi connectivity index (χ2n) is 9.68. The Hall–Kier alpha value is -3.25. The summed E-state index contributed by atoms with van der Waals surface area (Å²) in [5, 5.41) is 4.63. The van der Waals surface area contributed by atoms with Crippen LogP contribution in [0.15, 0.2) is 101 Å². The van der Waals surface area contributed by atoms with E-state index in [1.54, 1.807) is 18.2 Å². The number of nitrogens with one attached hydrogen (secondary N) is 1. The maximum atomic E-state index is 13.0. The Morgan fingerprint density at radius 1 is 0.930 bits per heavy atom. The molecule has 1 aliphatic rings. The van der Waals surface area contributed by atoms with E-state index in [1.165, 1.54) is 10.6 Å². The fourth-order valence-corrected chi connectivity index (χ4v) is 6.80. The average molecular weight is 702 g/mol. The van der Waals surface area contributed by atoms with Gasteiger partial charge in [0.1, 0.15) is 24.5 Å². The smallest absolute Gasteiger partial charge is 0.243 e. The highest BCUT2D eigenvalue weighted by molar-refractivity contribution is 9.10. The lowest BCUT2D eigenvalue weighted by molar-refractivity contribution is 0.0730. The fraction of sp³-hybridized carbons (Fsp3) is 0.161. The van der Waals surface area contributed by atoms with Crippen molar-refractivity contribution in [3.8, 4) is 16.9 Å². The number of benzene rings is 4. The molecule has 12 heteroatoms. The van der Waals surface area contributed by atoms with E-state index in [0.717, 1.165) is 37.8 Å². The zero-order valence-corrected chi connectivity index (χ0v) is 26.7. The molecule has 1 aromatic heterocycles. The molecule has 0 spiro atoms. The van der Waals surface area contributed by atoms with E-state index >= 15 is 0 Å². The third kappa shape index (κ3) is 7.12. The van der Waals surface area contributed by atoms with E-state index in [-0.39, 0.29) is 17.3 Å². The SMILES string of the molecule is Cl.O=S(=O)(c1ccc(-c2ccc3ncnc(Nc4ccc(OCc5cccc(Br)c5)c(Cl)c4)c3c2)cc1)N1CCOCC1. The van der Waals surface area contributed by atoms with Crippen LogP contribution in [-0.4, -0.2) is 49.0 Å². The second-order valence-corrected chi connectivity index (χ2v) is 12.9. The van der Waals surface area contributed by atoms with Gasteiger partial charge >= 0.3 is 0 Å². The molecule has 222 valence electrons. The van der Waals surface area contributed by atoms with Crippen LogP contribution in [0.3, 0.4) is 0 Å². The van der Waals surface area contributed by atoms with Crippen molar-refractivity contribution >= 4 is 72.4 Å². The summed E-state index contributed by atoms with van der Waals surface area (Å²) in [6.45, 7) is 1.92. The van der Waals surface area contributed by atoms with E-state index in [4.69, 9.17) is 21.1 Å². The Labute approximate surface area is 269 Å². The summed E-state index contributed by atoms with van der Waals surface area (Å²) >= 11 is 10.0. The number of halogens is 3. The molecule has 4 aromatic carbocycles. The molecule has 0 bridgehead atoms. The number of fused-ring (bicyclic) bond motifs is 1. The van der Waals surface area contributed by atoms with Crippen molar-refractivity contribution in [1.29, 1.82) is 0 Å². The van der Waals surface area contributed by atoms with Gasteiger partial charge in [0.2, 0.25) is 10.0 Å². The molecule has 0 aliphatic carbocycles. The number of sulfonamides is 1. The third-order valence-corrected chi connectivity index (χ3v) is 9.61. The van der Waals surface area contributed by atoms with Crippen LogP contribution in [0.2, 0.25) is 5.02 Å². The van der Waals surface area contributed by atoms with Crippen molar-refractivity contribution in [2.24, 2.45) is 0 Å². The maximum Gasteiger partial charge on any atom is 0.243 e. The van der Waals surface area contributed by atoms with Crippen LogP contribution >= 0.6 is 39.9 Å². The van der Waals surface area contributed by atoms with Crippen LogP contribution in [0.5, 0.6) is 5.75 Å². The quantitative estimate of drug-likeness (QED) is 0.179. The van der Waals surface area contributed by atoms with Gasteiger partial charge in [0.15, 0.2) is 0 Å². The van der Waals surface area contributed by atoms with Crippen molar-refractivity contribution in [3.63, 3.8) is 0 Å². The molecule has 0 amide bonds. The number of aromatic nitrogens is 2. The first-order chi connectivity index (χ1) is 20.4. The molecule has 0 radical (unpaired) electrons. The Kier molecular flexibility index (Phi) is 9.85. The number of nitrogens with zero attached hydrogens (tertiary/aromatic N) is 3. The Morgan fingerprint density at radius 3 is 2.44 bits per heavy atom. The van der Waals surface area contributed by atoms with E-state index < -0.39 is 10.0 Å². The number of morpholine rings is 1. The van der Waals surface area contributed by atoms with Crippen molar-refractivity contribution in [2.45, 2.75) is 11.5 Å². The van der Waals surface area contributed by atoms with Gasteiger partial charge in [-0.3, -0.25) is 0 Å². The van der Waals surface area contributed by atoms with E-state index in [1.807, 2.05) is 66.7 Å². The number of hydrogen-bond acceptors (Lipinski definition) is 7. The highest BCUT2D eigenvalue weighted by Crippen LogP contribution is 2.33. The van der Waals surface area contributed by atoms with Gasteiger partial charge in [-0.15, -0.1) is 12.4 Å². The molecule has 1 N–H and O–H groups in total. The number of anilines is 2. The number of rotatable bonds is 8. The first-order valence-electron chi connectivity index (χ1n) is 13.2. The molecular formula is C31H27BrCl2N4O4S. The molecule has 2 heterocycles. The highest BCUT2D eigenvalue weighted by Gasteiger charge is 2.26. The number of ether oxygens (including phenoxy) is 2. The van der Waals surface area contributed by atoms with Crippen LogP contribution in [0, 0.1) is 0 Å². The first-order valence-corrected chi connectivity index (χ1v) is 15.8. The summed E-state index contributed by atoms with van der Waals surface area (Å²) in [6, 6.07) is 26.2. The van der Waals surface area contributed by atoms with Gasteiger partial charge in [-0.05, 0) is 71.3 Å². The van der Waals surface area contributed by atoms with E-state index in [2.05, 4.69) is 31.2 Å². The standard InChI is InChI=1S/C31H26BrClN4O4S.ClH/c32-24-3-1-2-21(16-24)19-41-30-11-7-25(18-28(30)33)36-31-27-17-23(6-10-29(27)34-20-35-31)22-4-8-26(9-5-22)42(38,39)37-12-14-40-15-13-37;/h1-11,16-18,20H,12-15,19H2,(H,34,35,36);1H. The molecule has 0 atom stereocenters. The fourth-order valence-electron chi connectivity index (χ4n) is 4.71. The zero-order chi connectivity index (χ0) is 29.1. The van der Waals surface area contributed by atoms with Gasteiger partial charge in [-0.1, -0.05) is 57.9 Å². The minimum absolute atomic E-state index is 0. The number of hydrogen-bond donors (Lipinski definition) is 1. The second kappa shape index (κ2) is 13.6. The Balaban J connectivity index is 0.00000368. The third-order valence-electron chi connectivity index (χ3n) is 6.91. The minimum Gasteiger partial charge on any atom is -0.487 e. The summed E-state index contributed by atoms with van der Waals surface area (Å²) in [7, 11) is -3.56. The van der Waals surface area contributed by atoms with Crippen molar-refractivity contribution < 1.29 is 17.9 Å². The van der Waals surface area contributed by atoms with Crippen molar-refractivity contribution in [3.05, 3.63) is 106 Å². The van der Waals surface area contributed by atoms with Crippen molar-refractivity contribution in [2.75, 3.05) is 31.6 Å². The normalized spacial score (nSPS) is 13.8. The molecule has 5 aromatic rings. The molecular weight excluding hydrogens is 675 g/mol. The summed E-state index contributed by atoms with van der Waals surface area (Å²) in [5.41, 5.74) is 4.33. The maximum absolute atomic E-state index is 13.0. The molecule has 43 heavy (non-hydrogen) atoms. The van der Waals surface area contributed by atoms with Gasteiger partial charge in [0, 0.05) is 28.6 Å². The van der Waals surface area contributed by atoms with Crippen LogP contribution in [0.1, 0.15) is 5.56 Å². The first kappa shape index (κ1) is 31.2. The van der Waals surface area contributed by atoms with E-state index in [0.29, 0.717) is 49.5 Å². The molecule has 1 saturated heterocycles. The molecule has 1 aliphatic heterocycles. The van der Waals surface area contributed by atoms with Crippen LogP contribution in [0.25, 0.3) is 22.0 Å². The molecule has 0 unspecified atom stereocenters. The predicted octanol–water partition coefficient (Wildman–Crippen LogP) is 7.48. The summed E-state index contributed by atoms with van der Waals surface area (Å²) in [4.78, 5) is 9.15. The largest absolute Gasteiger partial charge is 0.487 e. The molecule has 1 fully saturated rings. The monoisotopic (exact) mass is 700 g/mol. The van der Waals surface area contributed by atoms with E-state index in [9.17, 15) is 8.42 Å². The highest BCUT2D eigenvalue weighted by atomic mass is 79.9. The van der Waals surface area contributed by atoms with Gasteiger partial charge < -0.3 is 14.8 Å². The topological polar surface area (TPSA) is 93.7 Å². The minimum atomic E-state index is -3.56. The van der Waals surface area contributed by atoms with Gasteiger partial charge in [0.05, 0.1) is 28.6 Å². The van der Waals surface area contributed by atoms with Crippen LogP contribution < -0.4 is 10.1 Å². The van der Waals surface area contributed by atoms with Gasteiger partial charge in [0.25, 0.3) is 0 Å². The van der Waals surface area contributed by atoms with Crippen LogP contribution in [-0.2, 0) is 21.4 Å².